The average Bonchev–Trinajstić information content (AvgIpc) is 2.46. The van der Waals surface area contributed by atoms with Gasteiger partial charge < -0.3 is 10.0 Å². The number of aliphatic hydroxyl groups excluding tert-OH is 1. The van der Waals surface area contributed by atoms with Crippen LogP contribution < -0.4 is 0 Å². The highest BCUT2D eigenvalue weighted by Gasteiger charge is 2.08. The molecule has 106 valence electrons. The molecule has 1 N–H and O–H groups in total. The summed E-state index contributed by atoms with van der Waals surface area (Å²) in [6, 6.07) is 18.4. The lowest BCUT2D eigenvalue weighted by molar-refractivity contribution is 0.147. The predicted octanol–water partition coefficient (Wildman–Crippen LogP) is 3.55. The molecule has 0 aliphatic heterocycles. The molecule has 1 unspecified atom stereocenters. The van der Waals surface area contributed by atoms with Crippen molar-refractivity contribution in [3.63, 3.8) is 0 Å². The van der Waals surface area contributed by atoms with Gasteiger partial charge in [0.2, 0.25) is 0 Å². The third-order valence-electron chi connectivity index (χ3n) is 3.50. The summed E-state index contributed by atoms with van der Waals surface area (Å²) < 4.78 is 0. The van der Waals surface area contributed by atoms with Crippen molar-refractivity contribution < 1.29 is 5.11 Å². The summed E-state index contributed by atoms with van der Waals surface area (Å²) in [5, 5.41) is 10.2. The van der Waals surface area contributed by atoms with Gasteiger partial charge >= 0.3 is 0 Å². The summed E-state index contributed by atoms with van der Waals surface area (Å²) in [4.78, 5) is 2.25. The summed E-state index contributed by atoms with van der Waals surface area (Å²) in [7, 11) is 2.10. The third kappa shape index (κ3) is 4.48. The van der Waals surface area contributed by atoms with Crippen LogP contribution in [0.4, 0.5) is 0 Å². The highest BCUT2D eigenvalue weighted by atomic mass is 16.3. The number of benzene rings is 2. The Balaban J connectivity index is 1.82. The van der Waals surface area contributed by atoms with Crippen LogP contribution in [0.2, 0.25) is 0 Å². The molecule has 0 aromatic heterocycles. The Labute approximate surface area is 121 Å². The molecule has 0 amide bonds. The van der Waals surface area contributed by atoms with E-state index in [1.807, 2.05) is 30.3 Å². The molecule has 1 atom stereocenters. The van der Waals surface area contributed by atoms with E-state index in [9.17, 15) is 5.11 Å². The molecule has 2 heteroatoms. The third-order valence-corrected chi connectivity index (χ3v) is 3.50. The molecule has 0 saturated heterocycles. The maximum atomic E-state index is 10.2. The van der Waals surface area contributed by atoms with Crippen molar-refractivity contribution in [1.29, 1.82) is 0 Å². The number of nitrogens with zero attached hydrogens (tertiary/aromatic N) is 1. The molecule has 2 aromatic rings. The van der Waals surface area contributed by atoms with Crippen LogP contribution in [0.3, 0.4) is 0 Å². The van der Waals surface area contributed by atoms with Gasteiger partial charge in [-0.1, -0.05) is 60.2 Å². The first-order chi connectivity index (χ1) is 9.65. The largest absolute Gasteiger partial charge is 0.388 e. The minimum Gasteiger partial charge on any atom is -0.388 e. The Morgan fingerprint density at radius 3 is 2.50 bits per heavy atom. The number of aryl methyl sites for hydroxylation is 1. The number of hydrogen-bond donors (Lipinski definition) is 1. The van der Waals surface area contributed by atoms with Crippen molar-refractivity contribution in [2.45, 2.75) is 26.0 Å². The maximum absolute atomic E-state index is 10.2. The Kier molecular flexibility index (Phi) is 5.33. The second kappa shape index (κ2) is 7.22. The first kappa shape index (κ1) is 14.8. The monoisotopic (exact) mass is 269 g/mol. The second-order valence-corrected chi connectivity index (χ2v) is 5.44. The van der Waals surface area contributed by atoms with Crippen molar-refractivity contribution in [3.05, 3.63) is 71.3 Å². The van der Waals surface area contributed by atoms with Crippen LogP contribution >= 0.6 is 0 Å². The standard InChI is InChI=1S/C18H23NO/c1-15-7-6-8-16(13-15)14-19(2)12-11-18(20)17-9-4-3-5-10-17/h3-10,13,18,20H,11-12,14H2,1-2H3. The lowest BCUT2D eigenvalue weighted by Crippen LogP contribution is -2.21. The predicted molar refractivity (Wildman–Crippen MR) is 83.5 cm³/mol. The minimum absolute atomic E-state index is 0.379. The molecular weight excluding hydrogens is 246 g/mol. The van der Waals surface area contributed by atoms with Crippen LogP contribution in [0.1, 0.15) is 29.2 Å². The zero-order chi connectivity index (χ0) is 14.4. The average molecular weight is 269 g/mol. The fraction of sp³-hybridized carbons (Fsp3) is 0.333. The second-order valence-electron chi connectivity index (χ2n) is 5.44. The topological polar surface area (TPSA) is 23.5 Å². The van der Waals surface area contributed by atoms with Gasteiger partial charge in [0, 0.05) is 13.1 Å². The van der Waals surface area contributed by atoms with E-state index in [4.69, 9.17) is 0 Å². The molecule has 20 heavy (non-hydrogen) atoms. The van der Waals surface area contributed by atoms with E-state index in [0.29, 0.717) is 0 Å². The van der Waals surface area contributed by atoms with Crippen LogP contribution in [0.15, 0.2) is 54.6 Å². The van der Waals surface area contributed by atoms with E-state index < -0.39 is 0 Å². The van der Waals surface area contributed by atoms with Crippen LogP contribution in [0, 0.1) is 6.92 Å². The van der Waals surface area contributed by atoms with Gasteiger partial charge in [0.15, 0.2) is 0 Å². The number of hydrogen-bond acceptors (Lipinski definition) is 2. The van der Waals surface area contributed by atoms with Gasteiger partial charge in [-0.2, -0.15) is 0 Å². The van der Waals surface area contributed by atoms with E-state index in [1.165, 1.54) is 11.1 Å². The molecule has 0 spiro atoms. The highest BCUT2D eigenvalue weighted by Crippen LogP contribution is 2.16. The highest BCUT2D eigenvalue weighted by molar-refractivity contribution is 5.22. The minimum atomic E-state index is -0.379. The molecule has 2 rings (SSSR count). The fourth-order valence-electron chi connectivity index (χ4n) is 2.39. The Morgan fingerprint density at radius 1 is 1.05 bits per heavy atom. The molecule has 0 aliphatic carbocycles. The van der Waals surface area contributed by atoms with Crippen molar-refractivity contribution in [2.24, 2.45) is 0 Å². The van der Waals surface area contributed by atoms with E-state index >= 15 is 0 Å². The zero-order valence-corrected chi connectivity index (χ0v) is 12.3. The molecule has 2 nitrogen and oxygen atoms in total. The Hall–Kier alpha value is -1.64. The van der Waals surface area contributed by atoms with Crippen molar-refractivity contribution >= 4 is 0 Å². The summed E-state index contributed by atoms with van der Waals surface area (Å²) in [6.07, 6.45) is 0.378. The molecule has 0 heterocycles. The molecular formula is C18H23NO. The Bertz CT molecular complexity index is 524. The zero-order valence-electron chi connectivity index (χ0n) is 12.3. The van der Waals surface area contributed by atoms with Gasteiger partial charge in [0.05, 0.1) is 6.10 Å². The lowest BCUT2D eigenvalue weighted by Gasteiger charge is -2.19. The van der Waals surface area contributed by atoms with Gasteiger partial charge in [-0.3, -0.25) is 0 Å². The van der Waals surface area contributed by atoms with Gasteiger partial charge in [0.25, 0.3) is 0 Å². The van der Waals surface area contributed by atoms with Gasteiger partial charge in [-0.15, -0.1) is 0 Å². The smallest absolute Gasteiger partial charge is 0.0802 e. The van der Waals surface area contributed by atoms with Crippen LogP contribution in [0.5, 0.6) is 0 Å². The molecule has 0 saturated carbocycles. The van der Waals surface area contributed by atoms with Crippen LogP contribution in [0.25, 0.3) is 0 Å². The SMILES string of the molecule is Cc1cccc(CN(C)CCC(O)c2ccccc2)c1. The quantitative estimate of drug-likeness (QED) is 0.867. The maximum Gasteiger partial charge on any atom is 0.0802 e. The van der Waals surface area contributed by atoms with Gasteiger partial charge in [-0.25, -0.2) is 0 Å². The Morgan fingerprint density at radius 2 is 1.80 bits per heavy atom. The summed E-state index contributed by atoms with van der Waals surface area (Å²) in [5.41, 5.74) is 3.61. The van der Waals surface area contributed by atoms with Crippen LogP contribution in [-0.4, -0.2) is 23.6 Å². The fourth-order valence-corrected chi connectivity index (χ4v) is 2.39. The van der Waals surface area contributed by atoms with E-state index in [2.05, 4.69) is 43.1 Å². The first-order valence-electron chi connectivity index (χ1n) is 7.12. The van der Waals surface area contributed by atoms with Crippen molar-refractivity contribution in [3.8, 4) is 0 Å². The van der Waals surface area contributed by atoms with E-state index in [1.54, 1.807) is 0 Å². The van der Waals surface area contributed by atoms with Gasteiger partial charge in [0.1, 0.15) is 0 Å². The van der Waals surface area contributed by atoms with Gasteiger partial charge in [-0.05, 0) is 31.5 Å². The normalized spacial score (nSPS) is 12.6. The van der Waals surface area contributed by atoms with E-state index in [0.717, 1.165) is 25.1 Å². The lowest BCUT2D eigenvalue weighted by atomic mass is 10.1. The van der Waals surface area contributed by atoms with E-state index in [-0.39, 0.29) is 6.10 Å². The molecule has 0 radical (unpaired) electrons. The number of aliphatic hydroxyl groups is 1. The molecule has 0 bridgehead atoms. The summed E-state index contributed by atoms with van der Waals surface area (Å²) >= 11 is 0. The molecule has 0 aliphatic rings. The van der Waals surface area contributed by atoms with Crippen molar-refractivity contribution in [1.82, 2.24) is 4.90 Å². The summed E-state index contributed by atoms with van der Waals surface area (Å²) in [6.45, 7) is 3.91. The molecule has 0 fully saturated rings. The van der Waals surface area contributed by atoms with Crippen LogP contribution in [-0.2, 0) is 6.54 Å². The molecule has 2 aromatic carbocycles. The number of rotatable bonds is 6. The van der Waals surface area contributed by atoms with Crippen molar-refractivity contribution in [2.75, 3.05) is 13.6 Å². The first-order valence-corrected chi connectivity index (χ1v) is 7.12. The summed E-state index contributed by atoms with van der Waals surface area (Å²) in [5.74, 6) is 0.